The monoisotopic (exact) mass is 368 g/mol. The second-order valence-corrected chi connectivity index (χ2v) is 9.77. The van der Waals surface area contributed by atoms with Gasteiger partial charge in [-0.25, -0.2) is 0 Å². The topological polar surface area (TPSA) is 0 Å². The first-order valence-electron chi connectivity index (χ1n) is 10.2. The van der Waals surface area contributed by atoms with Gasteiger partial charge in [0.15, 0.2) is 0 Å². The van der Waals surface area contributed by atoms with Gasteiger partial charge in [-0.2, -0.15) is 0 Å². The van der Waals surface area contributed by atoms with Crippen molar-refractivity contribution in [2.24, 2.45) is 5.41 Å². The average Bonchev–Trinajstić information content (AvgIpc) is 2.59. The molecule has 1 aliphatic carbocycles. The SMILES string of the molecule is CC1=C(C#CC(C)(C)C)c2cc(/C=C/c3ccc(C)cc3)ccc2C(C)(C)C1. The number of fused-ring (bicyclic) bond motifs is 1. The molecule has 0 heterocycles. The fraction of sp³-hybridized carbons (Fsp3) is 0.357. The van der Waals surface area contributed by atoms with Crippen molar-refractivity contribution in [3.05, 3.63) is 75.9 Å². The number of benzene rings is 2. The van der Waals surface area contributed by atoms with Crippen LogP contribution in [0.25, 0.3) is 17.7 Å². The van der Waals surface area contributed by atoms with E-state index >= 15 is 0 Å². The van der Waals surface area contributed by atoms with Gasteiger partial charge in [0, 0.05) is 11.0 Å². The van der Waals surface area contributed by atoms with Crippen LogP contribution in [0.1, 0.15) is 75.8 Å². The third-order valence-electron chi connectivity index (χ3n) is 5.28. The van der Waals surface area contributed by atoms with Gasteiger partial charge in [0.1, 0.15) is 0 Å². The molecule has 0 fully saturated rings. The maximum Gasteiger partial charge on any atom is 0.0310 e. The maximum absolute atomic E-state index is 3.52. The quantitative estimate of drug-likeness (QED) is 0.377. The molecule has 144 valence electrons. The van der Waals surface area contributed by atoms with Crippen LogP contribution < -0.4 is 0 Å². The van der Waals surface area contributed by atoms with Crippen molar-refractivity contribution < 1.29 is 0 Å². The molecular weight excluding hydrogens is 336 g/mol. The number of rotatable bonds is 2. The first-order chi connectivity index (χ1) is 13.0. The molecule has 0 aliphatic heterocycles. The lowest BCUT2D eigenvalue weighted by Crippen LogP contribution is -2.23. The minimum atomic E-state index is 0.00334. The van der Waals surface area contributed by atoms with Crippen molar-refractivity contribution in [2.45, 2.75) is 60.3 Å². The summed E-state index contributed by atoms with van der Waals surface area (Å²) in [5.74, 6) is 6.97. The van der Waals surface area contributed by atoms with Crippen LogP contribution in [0, 0.1) is 24.2 Å². The zero-order chi connectivity index (χ0) is 20.5. The number of hydrogen-bond acceptors (Lipinski definition) is 0. The van der Waals surface area contributed by atoms with Crippen LogP contribution in [0.3, 0.4) is 0 Å². The van der Waals surface area contributed by atoms with Crippen molar-refractivity contribution in [3.8, 4) is 11.8 Å². The van der Waals surface area contributed by atoms with E-state index in [1.807, 2.05) is 0 Å². The van der Waals surface area contributed by atoms with Gasteiger partial charge in [-0.05, 0) is 74.8 Å². The smallest absolute Gasteiger partial charge is 0.0310 e. The van der Waals surface area contributed by atoms with Crippen LogP contribution >= 0.6 is 0 Å². The van der Waals surface area contributed by atoms with E-state index in [4.69, 9.17) is 0 Å². The highest BCUT2D eigenvalue weighted by Gasteiger charge is 2.30. The summed E-state index contributed by atoms with van der Waals surface area (Å²) in [4.78, 5) is 0. The first kappa shape index (κ1) is 20.2. The van der Waals surface area contributed by atoms with Crippen molar-refractivity contribution >= 4 is 17.7 Å². The van der Waals surface area contributed by atoms with Crippen molar-refractivity contribution in [1.29, 1.82) is 0 Å². The van der Waals surface area contributed by atoms with E-state index in [1.165, 1.54) is 39.0 Å². The molecule has 0 atom stereocenters. The molecule has 0 aromatic heterocycles. The zero-order valence-corrected chi connectivity index (χ0v) is 18.4. The standard InChI is InChI=1S/C28H32/c1-20-8-10-22(11-9-20)12-13-23-14-15-26-25(18-23)24(16-17-27(3,4)5)21(2)19-28(26,6)7/h8-15,18H,19H2,1-7H3/b13-12+. The Labute approximate surface area is 171 Å². The summed E-state index contributed by atoms with van der Waals surface area (Å²) < 4.78 is 0. The predicted octanol–water partition coefficient (Wildman–Crippen LogP) is 7.67. The summed E-state index contributed by atoms with van der Waals surface area (Å²) in [7, 11) is 0. The summed E-state index contributed by atoms with van der Waals surface area (Å²) in [5, 5.41) is 0. The van der Waals surface area contributed by atoms with Gasteiger partial charge in [-0.1, -0.05) is 85.4 Å². The molecule has 0 bridgehead atoms. The first-order valence-corrected chi connectivity index (χ1v) is 10.2. The average molecular weight is 369 g/mol. The minimum Gasteiger partial charge on any atom is -0.0919 e. The Morgan fingerprint density at radius 3 is 2.14 bits per heavy atom. The lowest BCUT2D eigenvalue weighted by Gasteiger charge is -2.34. The number of aryl methyl sites for hydroxylation is 1. The Balaban J connectivity index is 2.04. The molecule has 3 rings (SSSR count). The van der Waals surface area contributed by atoms with Crippen LogP contribution in [0.15, 0.2) is 48.0 Å². The van der Waals surface area contributed by atoms with Gasteiger partial charge in [-0.3, -0.25) is 0 Å². The van der Waals surface area contributed by atoms with E-state index < -0.39 is 0 Å². The van der Waals surface area contributed by atoms with E-state index in [9.17, 15) is 0 Å². The molecule has 0 heteroatoms. The number of hydrogen-bond donors (Lipinski definition) is 0. The molecule has 0 unspecified atom stereocenters. The third-order valence-corrected chi connectivity index (χ3v) is 5.28. The zero-order valence-electron chi connectivity index (χ0n) is 18.4. The van der Waals surface area contributed by atoms with Crippen molar-refractivity contribution in [3.63, 3.8) is 0 Å². The van der Waals surface area contributed by atoms with Gasteiger partial charge >= 0.3 is 0 Å². The highest BCUT2D eigenvalue weighted by atomic mass is 14.3. The fourth-order valence-electron chi connectivity index (χ4n) is 3.83. The predicted molar refractivity (Wildman–Crippen MR) is 124 cm³/mol. The van der Waals surface area contributed by atoms with E-state index in [0.29, 0.717) is 0 Å². The Bertz CT molecular complexity index is 991. The van der Waals surface area contributed by atoms with E-state index in [0.717, 1.165) is 6.42 Å². The minimum absolute atomic E-state index is 0.00334. The summed E-state index contributed by atoms with van der Waals surface area (Å²) in [6, 6.07) is 15.5. The van der Waals surface area contributed by atoms with Crippen LogP contribution in [0.2, 0.25) is 0 Å². The molecule has 1 aliphatic rings. The molecule has 0 saturated carbocycles. The molecule has 28 heavy (non-hydrogen) atoms. The second kappa shape index (κ2) is 7.48. The molecule has 0 N–H and O–H groups in total. The molecule has 2 aromatic rings. The third kappa shape index (κ3) is 4.66. The Morgan fingerprint density at radius 1 is 0.893 bits per heavy atom. The highest BCUT2D eigenvalue weighted by Crippen LogP contribution is 2.42. The van der Waals surface area contributed by atoms with E-state index in [1.54, 1.807) is 0 Å². The summed E-state index contributed by atoms with van der Waals surface area (Å²) >= 11 is 0. The van der Waals surface area contributed by atoms with E-state index in [2.05, 4.69) is 115 Å². The van der Waals surface area contributed by atoms with Crippen LogP contribution in [0.5, 0.6) is 0 Å². The van der Waals surface area contributed by atoms with Crippen LogP contribution in [-0.4, -0.2) is 0 Å². The van der Waals surface area contributed by atoms with Gasteiger partial charge in [0.2, 0.25) is 0 Å². The molecule has 0 spiro atoms. The lowest BCUT2D eigenvalue weighted by atomic mass is 9.70. The van der Waals surface area contributed by atoms with Gasteiger partial charge in [0.05, 0.1) is 0 Å². The largest absolute Gasteiger partial charge is 0.0919 e. The second-order valence-electron chi connectivity index (χ2n) is 9.77. The summed E-state index contributed by atoms with van der Waals surface area (Å²) in [5.41, 5.74) is 9.21. The molecule has 0 saturated heterocycles. The molecule has 0 radical (unpaired) electrons. The normalized spacial score (nSPS) is 16.0. The molecule has 0 nitrogen and oxygen atoms in total. The van der Waals surface area contributed by atoms with Crippen LogP contribution in [0.4, 0.5) is 0 Å². The Kier molecular flexibility index (Phi) is 5.40. The Morgan fingerprint density at radius 2 is 1.50 bits per heavy atom. The number of allylic oxidation sites excluding steroid dienone is 2. The van der Waals surface area contributed by atoms with Gasteiger partial charge < -0.3 is 0 Å². The Hall–Kier alpha value is -2.52. The molecular formula is C28H32. The highest BCUT2D eigenvalue weighted by molar-refractivity contribution is 5.86. The maximum atomic E-state index is 3.52. The molecule has 2 aromatic carbocycles. The van der Waals surface area contributed by atoms with Gasteiger partial charge in [-0.15, -0.1) is 0 Å². The van der Waals surface area contributed by atoms with Crippen molar-refractivity contribution in [1.82, 2.24) is 0 Å². The fourth-order valence-corrected chi connectivity index (χ4v) is 3.83. The molecule has 0 amide bonds. The van der Waals surface area contributed by atoms with E-state index in [-0.39, 0.29) is 10.8 Å². The van der Waals surface area contributed by atoms with Gasteiger partial charge in [0.25, 0.3) is 0 Å². The summed E-state index contributed by atoms with van der Waals surface area (Å²) in [6.07, 6.45) is 5.45. The van der Waals surface area contributed by atoms with Crippen molar-refractivity contribution in [2.75, 3.05) is 0 Å². The summed E-state index contributed by atoms with van der Waals surface area (Å²) in [6.45, 7) is 15.6. The van der Waals surface area contributed by atoms with Crippen LogP contribution in [-0.2, 0) is 5.41 Å². The lowest BCUT2D eigenvalue weighted by molar-refractivity contribution is 0.512.